The number of nitrogens with one attached hydrogen (secondary N) is 1. The van der Waals surface area contributed by atoms with Crippen molar-refractivity contribution in [3.8, 4) is 0 Å². The van der Waals surface area contributed by atoms with Gasteiger partial charge in [0.05, 0.1) is 18.5 Å². The molecule has 1 atom stereocenters. The predicted octanol–water partition coefficient (Wildman–Crippen LogP) is 2.86. The number of Topliss-reactive ketones (excluding diaryl/α,β-unsaturated/α-hetero) is 1. The maximum atomic E-state index is 13.1. The third kappa shape index (κ3) is 4.38. The van der Waals surface area contributed by atoms with E-state index < -0.39 is 39.8 Å². The van der Waals surface area contributed by atoms with E-state index in [1.54, 1.807) is 6.92 Å². The fourth-order valence-corrected chi connectivity index (χ4v) is 4.03. The number of sulfonamides is 1. The van der Waals surface area contributed by atoms with E-state index in [1.807, 2.05) is 24.3 Å². The number of hydrogen-bond donors (Lipinski definition) is 1. The zero-order valence-electron chi connectivity index (χ0n) is 18.7. The molecule has 1 saturated heterocycles. The molecule has 0 bridgehead atoms. The lowest BCUT2D eigenvalue weighted by Crippen LogP contribution is -2.41. The van der Waals surface area contributed by atoms with Crippen molar-refractivity contribution in [2.24, 2.45) is 0 Å². The predicted molar refractivity (Wildman–Crippen MR) is 122 cm³/mol. The second-order valence-electron chi connectivity index (χ2n) is 8.42. The topological polar surface area (TPSA) is 104 Å². The van der Waals surface area contributed by atoms with Gasteiger partial charge >= 0.3 is 6.03 Å². The Morgan fingerprint density at radius 1 is 1.06 bits per heavy atom. The summed E-state index contributed by atoms with van der Waals surface area (Å²) in [4.78, 5) is 39.3. The minimum atomic E-state index is -3.43. The molecule has 8 nitrogen and oxygen atoms in total. The molecule has 0 aliphatic carbocycles. The highest BCUT2D eigenvalue weighted by Gasteiger charge is 2.49. The molecule has 9 heteroatoms. The summed E-state index contributed by atoms with van der Waals surface area (Å²) in [6, 6.07) is 12.8. The van der Waals surface area contributed by atoms with E-state index in [0.29, 0.717) is 17.2 Å². The SMILES string of the molecule is CC(C)c1ccc([C@]2(C)NC(=O)N(CC(=O)c3ccc(N(C)S(C)(=O)=O)cc3)C2=O)cc1. The molecule has 0 aromatic heterocycles. The quantitative estimate of drug-likeness (QED) is 0.509. The first-order valence-electron chi connectivity index (χ1n) is 10.2. The molecule has 170 valence electrons. The standard InChI is InChI=1S/C23H27N3O5S/c1-15(2)16-6-10-18(11-7-16)23(3)21(28)26(22(29)24-23)14-20(27)17-8-12-19(13-9-17)25(4)32(5,30)31/h6-13,15H,14H2,1-5H3,(H,24,29)/t23-/m0/s1. The number of ketones is 1. The van der Waals surface area contributed by atoms with Gasteiger partial charge < -0.3 is 5.32 Å². The summed E-state index contributed by atoms with van der Waals surface area (Å²) in [5.74, 6) is -0.591. The smallest absolute Gasteiger partial charge is 0.319 e. The summed E-state index contributed by atoms with van der Waals surface area (Å²) in [6.45, 7) is 5.35. The molecule has 3 rings (SSSR count). The molecule has 2 aromatic rings. The van der Waals surface area contributed by atoms with Crippen LogP contribution in [0.1, 0.15) is 48.2 Å². The van der Waals surface area contributed by atoms with Crippen molar-refractivity contribution in [3.63, 3.8) is 0 Å². The summed E-state index contributed by atoms with van der Waals surface area (Å²) in [5.41, 5.74) is 1.17. The molecule has 0 radical (unpaired) electrons. The van der Waals surface area contributed by atoms with Crippen LogP contribution in [0.5, 0.6) is 0 Å². The third-order valence-electron chi connectivity index (χ3n) is 5.78. The van der Waals surface area contributed by atoms with E-state index in [-0.39, 0.29) is 5.56 Å². The Morgan fingerprint density at radius 2 is 1.62 bits per heavy atom. The Kier molecular flexibility index (Phi) is 6.15. The number of nitrogens with zero attached hydrogens (tertiary/aromatic N) is 2. The number of carbonyl (C=O) groups excluding carboxylic acids is 3. The molecule has 1 heterocycles. The monoisotopic (exact) mass is 457 g/mol. The van der Waals surface area contributed by atoms with E-state index in [4.69, 9.17) is 0 Å². The molecule has 0 unspecified atom stereocenters. The van der Waals surface area contributed by atoms with Gasteiger partial charge in [-0.2, -0.15) is 0 Å². The van der Waals surface area contributed by atoms with Crippen molar-refractivity contribution in [2.45, 2.75) is 32.2 Å². The number of anilines is 1. The summed E-state index contributed by atoms with van der Waals surface area (Å²) in [5, 5.41) is 2.70. The third-order valence-corrected chi connectivity index (χ3v) is 6.99. The second kappa shape index (κ2) is 8.38. The number of urea groups is 1. The highest BCUT2D eigenvalue weighted by molar-refractivity contribution is 7.92. The molecule has 2 aromatic carbocycles. The fourth-order valence-electron chi connectivity index (χ4n) is 3.52. The van der Waals surface area contributed by atoms with Crippen LogP contribution in [0.2, 0.25) is 0 Å². The molecular weight excluding hydrogens is 430 g/mol. The van der Waals surface area contributed by atoms with Gasteiger partial charge in [-0.25, -0.2) is 13.2 Å². The highest BCUT2D eigenvalue weighted by Crippen LogP contribution is 2.30. The number of benzene rings is 2. The van der Waals surface area contributed by atoms with Gasteiger partial charge in [0.15, 0.2) is 5.78 Å². The van der Waals surface area contributed by atoms with E-state index in [2.05, 4.69) is 19.2 Å². The number of imide groups is 1. The Bertz CT molecular complexity index is 1160. The number of rotatable bonds is 7. The van der Waals surface area contributed by atoms with Crippen molar-refractivity contribution in [1.29, 1.82) is 0 Å². The van der Waals surface area contributed by atoms with Crippen LogP contribution in [-0.2, 0) is 20.4 Å². The van der Waals surface area contributed by atoms with E-state index in [1.165, 1.54) is 31.3 Å². The fraction of sp³-hybridized carbons (Fsp3) is 0.348. The summed E-state index contributed by atoms with van der Waals surface area (Å²) in [6.07, 6.45) is 1.08. The average molecular weight is 458 g/mol. The second-order valence-corrected chi connectivity index (χ2v) is 10.4. The highest BCUT2D eigenvalue weighted by atomic mass is 32.2. The van der Waals surface area contributed by atoms with Crippen molar-refractivity contribution in [3.05, 3.63) is 65.2 Å². The van der Waals surface area contributed by atoms with Crippen LogP contribution in [0.25, 0.3) is 0 Å². The molecule has 3 amide bonds. The number of carbonyl (C=O) groups is 3. The van der Waals surface area contributed by atoms with Crippen molar-refractivity contribution < 1.29 is 22.8 Å². The zero-order valence-corrected chi connectivity index (χ0v) is 19.6. The van der Waals surface area contributed by atoms with E-state index in [0.717, 1.165) is 21.0 Å². The molecule has 0 saturated carbocycles. The largest absolute Gasteiger partial charge is 0.325 e. The number of hydrogen-bond acceptors (Lipinski definition) is 5. The van der Waals surface area contributed by atoms with E-state index in [9.17, 15) is 22.8 Å². The molecule has 1 aliphatic heterocycles. The first-order valence-corrected chi connectivity index (χ1v) is 12.0. The first-order chi connectivity index (χ1) is 14.8. The minimum absolute atomic E-state index is 0.270. The van der Waals surface area contributed by atoms with Crippen LogP contribution in [0.15, 0.2) is 48.5 Å². The summed E-state index contributed by atoms with van der Waals surface area (Å²) < 4.78 is 24.4. The Hall–Kier alpha value is -3.20. The maximum Gasteiger partial charge on any atom is 0.325 e. The first kappa shape index (κ1) is 23.5. The van der Waals surface area contributed by atoms with Crippen LogP contribution in [0.3, 0.4) is 0 Å². The normalized spacial score (nSPS) is 18.8. The maximum absolute atomic E-state index is 13.1. The molecule has 0 spiro atoms. The Balaban J connectivity index is 1.77. The van der Waals surface area contributed by atoms with Gasteiger partial charge in [0.2, 0.25) is 10.0 Å². The number of amides is 3. The van der Waals surface area contributed by atoms with Crippen LogP contribution in [-0.4, -0.2) is 50.9 Å². The molecular formula is C23H27N3O5S. The summed E-state index contributed by atoms with van der Waals surface area (Å²) >= 11 is 0. The molecule has 1 N–H and O–H groups in total. The average Bonchev–Trinajstić information content (AvgIpc) is 2.96. The molecule has 1 fully saturated rings. The van der Waals surface area contributed by atoms with Crippen LogP contribution in [0.4, 0.5) is 10.5 Å². The van der Waals surface area contributed by atoms with E-state index >= 15 is 0 Å². The van der Waals surface area contributed by atoms with Crippen molar-refractivity contribution in [2.75, 3.05) is 24.2 Å². The van der Waals surface area contributed by atoms with Gasteiger partial charge in [-0.05, 0) is 48.2 Å². The van der Waals surface area contributed by atoms with Crippen LogP contribution in [0, 0.1) is 0 Å². The Labute approximate surface area is 188 Å². The zero-order chi connectivity index (χ0) is 23.8. The van der Waals surface area contributed by atoms with Gasteiger partial charge in [0.1, 0.15) is 5.54 Å². The van der Waals surface area contributed by atoms with Gasteiger partial charge in [-0.3, -0.25) is 18.8 Å². The lowest BCUT2D eigenvalue weighted by molar-refractivity contribution is -0.130. The summed E-state index contributed by atoms with van der Waals surface area (Å²) in [7, 11) is -2.02. The van der Waals surface area contributed by atoms with Crippen LogP contribution >= 0.6 is 0 Å². The van der Waals surface area contributed by atoms with Gasteiger partial charge in [0, 0.05) is 12.6 Å². The Morgan fingerprint density at radius 3 is 2.12 bits per heavy atom. The van der Waals surface area contributed by atoms with Crippen molar-refractivity contribution >= 4 is 33.4 Å². The lowest BCUT2D eigenvalue weighted by atomic mass is 9.90. The van der Waals surface area contributed by atoms with Crippen molar-refractivity contribution in [1.82, 2.24) is 10.2 Å². The van der Waals surface area contributed by atoms with Crippen LogP contribution < -0.4 is 9.62 Å². The minimum Gasteiger partial charge on any atom is -0.319 e. The van der Waals surface area contributed by atoms with Gasteiger partial charge in [0.25, 0.3) is 5.91 Å². The van der Waals surface area contributed by atoms with Gasteiger partial charge in [-0.1, -0.05) is 38.1 Å². The molecule has 1 aliphatic rings. The van der Waals surface area contributed by atoms with Gasteiger partial charge in [-0.15, -0.1) is 0 Å². The lowest BCUT2D eigenvalue weighted by Gasteiger charge is -2.22. The molecule has 32 heavy (non-hydrogen) atoms.